The molecule has 3 aromatic carbocycles. The number of hydrazone groups is 1. The van der Waals surface area contributed by atoms with Gasteiger partial charge < -0.3 is 4.57 Å². The molecule has 7 heteroatoms. The fraction of sp³-hybridized carbons (Fsp3) is 0.143. The van der Waals surface area contributed by atoms with E-state index in [-0.39, 0.29) is 11.6 Å². The van der Waals surface area contributed by atoms with Crippen molar-refractivity contribution in [3.05, 3.63) is 118 Å². The number of hydrogen-bond donors (Lipinski definition) is 1. The number of nitro benzene ring substituents is 1. The molecule has 1 amide bonds. The molecule has 0 aliphatic carbocycles. The molecule has 0 unspecified atom stereocenters. The zero-order chi connectivity index (χ0) is 24.8. The fourth-order valence-electron chi connectivity index (χ4n) is 4.03. The van der Waals surface area contributed by atoms with Gasteiger partial charge in [-0.25, -0.2) is 5.43 Å². The summed E-state index contributed by atoms with van der Waals surface area (Å²) >= 11 is 0. The molecule has 1 heterocycles. The highest BCUT2D eigenvalue weighted by Crippen LogP contribution is 2.25. The summed E-state index contributed by atoms with van der Waals surface area (Å²) in [6.45, 7) is 4.03. The van der Waals surface area contributed by atoms with Crippen LogP contribution in [-0.4, -0.2) is 21.6 Å². The summed E-state index contributed by atoms with van der Waals surface area (Å²) in [6, 6.07) is 26.5. The normalized spacial score (nSPS) is 11.0. The molecule has 0 fully saturated rings. The molecule has 0 saturated heterocycles. The van der Waals surface area contributed by atoms with Crippen molar-refractivity contribution in [2.45, 2.75) is 26.7 Å². The number of benzene rings is 3. The summed E-state index contributed by atoms with van der Waals surface area (Å²) in [6.07, 6.45) is 2.72. The van der Waals surface area contributed by atoms with Gasteiger partial charge in [-0.3, -0.25) is 14.9 Å². The van der Waals surface area contributed by atoms with Crippen molar-refractivity contribution in [1.29, 1.82) is 0 Å². The highest BCUT2D eigenvalue weighted by Gasteiger charge is 2.11. The predicted octanol–water partition coefficient (Wildman–Crippen LogP) is 5.75. The Labute approximate surface area is 203 Å². The van der Waals surface area contributed by atoms with Crippen LogP contribution in [0.5, 0.6) is 0 Å². The molecule has 0 radical (unpaired) electrons. The van der Waals surface area contributed by atoms with Crippen molar-refractivity contribution < 1.29 is 9.72 Å². The molecule has 7 nitrogen and oxygen atoms in total. The van der Waals surface area contributed by atoms with E-state index in [1.165, 1.54) is 12.1 Å². The maximum atomic E-state index is 12.1. The second-order valence-electron chi connectivity index (χ2n) is 8.29. The predicted molar refractivity (Wildman–Crippen MR) is 138 cm³/mol. The second kappa shape index (κ2) is 10.6. The topological polar surface area (TPSA) is 89.5 Å². The first-order chi connectivity index (χ1) is 16.9. The molecule has 1 aromatic heterocycles. The van der Waals surface area contributed by atoms with Crippen molar-refractivity contribution in [3.8, 4) is 16.8 Å². The van der Waals surface area contributed by atoms with Crippen LogP contribution >= 0.6 is 0 Å². The van der Waals surface area contributed by atoms with Crippen LogP contribution < -0.4 is 5.43 Å². The third-order valence-corrected chi connectivity index (χ3v) is 5.88. The van der Waals surface area contributed by atoms with Gasteiger partial charge >= 0.3 is 0 Å². The summed E-state index contributed by atoms with van der Waals surface area (Å²) in [7, 11) is 0. The lowest BCUT2D eigenvalue weighted by atomic mass is 10.0. The largest absolute Gasteiger partial charge is 0.318 e. The lowest BCUT2D eigenvalue weighted by Gasteiger charge is -2.11. The molecule has 0 bridgehead atoms. The van der Waals surface area contributed by atoms with Crippen molar-refractivity contribution in [2.75, 3.05) is 0 Å². The van der Waals surface area contributed by atoms with Gasteiger partial charge in [0, 0.05) is 41.2 Å². The van der Waals surface area contributed by atoms with Crippen molar-refractivity contribution in [1.82, 2.24) is 9.99 Å². The van der Waals surface area contributed by atoms with Crippen LogP contribution in [0.3, 0.4) is 0 Å². The van der Waals surface area contributed by atoms with Crippen molar-refractivity contribution in [2.24, 2.45) is 5.10 Å². The SMILES string of the molecule is Cc1cc(/C=N/NC(=O)CCc2ccccc2)c(C)n1-c1ccc(-c2ccc([N+](=O)[O-])cc2)cc1. The van der Waals surface area contributed by atoms with Gasteiger partial charge in [0.15, 0.2) is 0 Å². The van der Waals surface area contributed by atoms with Crippen LogP contribution in [-0.2, 0) is 11.2 Å². The van der Waals surface area contributed by atoms with Crippen LogP contribution in [0.25, 0.3) is 16.8 Å². The Bertz CT molecular complexity index is 1360. The number of non-ortho nitro benzene ring substituents is 1. The molecule has 1 N–H and O–H groups in total. The summed E-state index contributed by atoms with van der Waals surface area (Å²) in [5.74, 6) is -0.124. The van der Waals surface area contributed by atoms with Gasteiger partial charge in [0.1, 0.15) is 0 Å². The van der Waals surface area contributed by atoms with Gasteiger partial charge in [0.25, 0.3) is 5.69 Å². The molecule has 0 aliphatic heterocycles. The van der Waals surface area contributed by atoms with E-state index in [0.717, 1.165) is 39.3 Å². The van der Waals surface area contributed by atoms with Gasteiger partial charge in [-0.15, -0.1) is 0 Å². The third kappa shape index (κ3) is 5.70. The molecule has 4 rings (SSSR count). The Morgan fingerprint density at radius 2 is 1.60 bits per heavy atom. The Kier molecular flexibility index (Phi) is 7.16. The van der Waals surface area contributed by atoms with E-state index in [9.17, 15) is 14.9 Å². The molecular formula is C28H26N4O3. The number of carbonyl (C=O) groups is 1. The minimum atomic E-state index is -0.401. The molecule has 0 atom stereocenters. The average Bonchev–Trinajstić information content (AvgIpc) is 3.16. The number of hydrogen-bond acceptors (Lipinski definition) is 4. The van der Waals surface area contributed by atoms with Gasteiger partial charge in [0.2, 0.25) is 5.91 Å². The first kappa shape index (κ1) is 23.6. The maximum absolute atomic E-state index is 12.1. The minimum Gasteiger partial charge on any atom is -0.318 e. The van der Waals surface area contributed by atoms with Crippen LogP contribution in [0.1, 0.15) is 28.9 Å². The third-order valence-electron chi connectivity index (χ3n) is 5.88. The molecule has 35 heavy (non-hydrogen) atoms. The zero-order valence-electron chi connectivity index (χ0n) is 19.6. The van der Waals surface area contributed by atoms with Crippen LogP contribution in [0, 0.1) is 24.0 Å². The number of carbonyl (C=O) groups excluding carboxylic acids is 1. The highest BCUT2D eigenvalue weighted by molar-refractivity contribution is 5.84. The second-order valence-corrected chi connectivity index (χ2v) is 8.29. The highest BCUT2D eigenvalue weighted by atomic mass is 16.6. The number of amides is 1. The quantitative estimate of drug-likeness (QED) is 0.204. The van der Waals surface area contributed by atoms with Gasteiger partial charge in [-0.1, -0.05) is 42.5 Å². The van der Waals surface area contributed by atoms with Crippen LogP contribution in [0.4, 0.5) is 5.69 Å². The van der Waals surface area contributed by atoms with E-state index in [2.05, 4.69) is 15.1 Å². The van der Waals surface area contributed by atoms with Crippen molar-refractivity contribution in [3.63, 3.8) is 0 Å². The maximum Gasteiger partial charge on any atom is 0.269 e. The monoisotopic (exact) mass is 466 g/mol. The number of aromatic nitrogens is 1. The lowest BCUT2D eigenvalue weighted by molar-refractivity contribution is -0.384. The summed E-state index contributed by atoms with van der Waals surface area (Å²) in [5.41, 5.74) is 9.67. The van der Waals surface area contributed by atoms with E-state index in [0.29, 0.717) is 12.8 Å². The fourth-order valence-corrected chi connectivity index (χ4v) is 4.03. The molecule has 0 spiro atoms. The molecule has 0 saturated carbocycles. The number of nitrogens with one attached hydrogen (secondary N) is 1. The standard InChI is InChI=1S/C28H26N4O3/c1-20-18-25(19-29-30-28(33)17-8-22-6-4-3-5-7-22)21(2)31(20)26-13-9-23(10-14-26)24-11-15-27(16-12-24)32(34)35/h3-7,9-16,18-19H,8,17H2,1-2H3,(H,30,33)/b29-19+. The van der Waals surface area contributed by atoms with E-state index in [1.54, 1.807) is 18.3 Å². The Balaban J connectivity index is 1.42. The van der Waals surface area contributed by atoms with Crippen LogP contribution in [0.2, 0.25) is 0 Å². The van der Waals surface area contributed by atoms with E-state index in [4.69, 9.17) is 0 Å². The lowest BCUT2D eigenvalue weighted by Crippen LogP contribution is -2.17. The number of nitrogens with zero attached hydrogens (tertiary/aromatic N) is 3. The smallest absolute Gasteiger partial charge is 0.269 e. The Morgan fingerprint density at radius 3 is 2.23 bits per heavy atom. The number of aryl methyl sites for hydroxylation is 2. The number of nitro groups is 1. The Morgan fingerprint density at radius 1 is 0.971 bits per heavy atom. The summed E-state index contributed by atoms with van der Waals surface area (Å²) in [5, 5.41) is 15.0. The summed E-state index contributed by atoms with van der Waals surface area (Å²) < 4.78 is 2.12. The zero-order valence-corrected chi connectivity index (χ0v) is 19.6. The molecule has 0 aliphatic rings. The van der Waals surface area contributed by atoms with E-state index < -0.39 is 4.92 Å². The van der Waals surface area contributed by atoms with Gasteiger partial charge in [-0.2, -0.15) is 5.10 Å². The molecular weight excluding hydrogens is 440 g/mol. The minimum absolute atomic E-state index is 0.0746. The van der Waals surface area contributed by atoms with E-state index >= 15 is 0 Å². The van der Waals surface area contributed by atoms with Gasteiger partial charge in [-0.05, 0) is 67.3 Å². The number of rotatable bonds is 8. The Hall–Kier alpha value is -4.52. The summed E-state index contributed by atoms with van der Waals surface area (Å²) in [4.78, 5) is 22.6. The first-order valence-electron chi connectivity index (χ1n) is 11.3. The average molecular weight is 467 g/mol. The molecule has 4 aromatic rings. The van der Waals surface area contributed by atoms with Crippen LogP contribution in [0.15, 0.2) is 90.0 Å². The molecule has 176 valence electrons. The first-order valence-corrected chi connectivity index (χ1v) is 11.3. The van der Waals surface area contributed by atoms with E-state index in [1.807, 2.05) is 74.5 Å². The van der Waals surface area contributed by atoms with Gasteiger partial charge in [0.05, 0.1) is 11.1 Å². The van der Waals surface area contributed by atoms with Crippen molar-refractivity contribution >= 4 is 17.8 Å².